The first kappa shape index (κ1) is 15.8. The van der Waals surface area contributed by atoms with Crippen molar-refractivity contribution in [2.75, 3.05) is 24.6 Å². The van der Waals surface area contributed by atoms with Crippen LogP contribution in [0.15, 0.2) is 18.3 Å². The number of aryl methyl sites for hydroxylation is 2. The molecule has 1 saturated heterocycles. The highest BCUT2D eigenvalue weighted by Gasteiger charge is 2.27. The summed E-state index contributed by atoms with van der Waals surface area (Å²) in [5, 5.41) is 13.0. The molecule has 0 spiro atoms. The van der Waals surface area contributed by atoms with Gasteiger partial charge in [-0.05, 0) is 31.4 Å². The number of pyridine rings is 1. The number of carbonyl (C=O) groups excluding carboxylic acids is 1. The zero-order valence-electron chi connectivity index (χ0n) is 13.9. The fraction of sp³-hybridized carbons (Fsp3) is 0.529. The average Bonchev–Trinajstić information content (AvgIpc) is 2.81. The molecule has 1 aliphatic rings. The number of aliphatic hydroxyl groups excluding tert-OH is 1. The Kier molecular flexibility index (Phi) is 4.26. The Bertz CT molecular complexity index is 725. The van der Waals surface area contributed by atoms with E-state index in [0.29, 0.717) is 5.92 Å². The van der Waals surface area contributed by atoms with Crippen molar-refractivity contribution >= 4 is 22.6 Å². The zero-order valence-corrected chi connectivity index (χ0v) is 13.9. The second kappa shape index (κ2) is 6.20. The second-order valence-corrected chi connectivity index (χ2v) is 6.58. The van der Waals surface area contributed by atoms with Gasteiger partial charge in [0.05, 0.1) is 0 Å². The van der Waals surface area contributed by atoms with Crippen molar-refractivity contribution in [3.8, 4) is 0 Å². The zero-order chi connectivity index (χ0) is 16.6. The molecule has 23 heavy (non-hydrogen) atoms. The molecular weight excluding hydrogens is 292 g/mol. The minimum Gasteiger partial charge on any atom is -0.387 e. The maximum absolute atomic E-state index is 11.5. The Labute approximate surface area is 136 Å². The lowest BCUT2D eigenvalue weighted by Crippen LogP contribution is -2.51. The second-order valence-electron chi connectivity index (χ2n) is 6.58. The minimum atomic E-state index is -0.456. The number of amides is 1. The number of nitrogens with one attached hydrogen (secondary N) is 1. The summed E-state index contributed by atoms with van der Waals surface area (Å²) in [7, 11) is 2.03. The number of anilines is 1. The Morgan fingerprint density at radius 1 is 1.48 bits per heavy atom. The van der Waals surface area contributed by atoms with Gasteiger partial charge in [0.1, 0.15) is 12.3 Å². The van der Waals surface area contributed by atoms with E-state index < -0.39 is 6.61 Å². The van der Waals surface area contributed by atoms with E-state index in [1.165, 1.54) is 5.69 Å². The number of aliphatic hydroxyl groups is 1. The molecule has 6 nitrogen and oxygen atoms in total. The van der Waals surface area contributed by atoms with E-state index in [0.717, 1.165) is 36.2 Å². The molecule has 0 aromatic carbocycles. The van der Waals surface area contributed by atoms with Crippen LogP contribution >= 0.6 is 0 Å². The van der Waals surface area contributed by atoms with Crippen molar-refractivity contribution in [2.45, 2.75) is 26.3 Å². The molecule has 1 fully saturated rings. The van der Waals surface area contributed by atoms with E-state index in [1.807, 2.05) is 19.3 Å². The predicted molar refractivity (Wildman–Crippen MR) is 90.5 cm³/mol. The van der Waals surface area contributed by atoms with Gasteiger partial charge < -0.3 is 19.9 Å². The highest BCUT2D eigenvalue weighted by atomic mass is 16.3. The quantitative estimate of drug-likeness (QED) is 0.893. The number of hydrogen-bond acceptors (Lipinski definition) is 4. The number of aromatic nitrogens is 2. The van der Waals surface area contributed by atoms with E-state index in [-0.39, 0.29) is 11.9 Å². The number of fused-ring (bicyclic) bond motifs is 1. The maximum atomic E-state index is 11.5. The molecule has 3 rings (SSSR count). The number of rotatable bonds is 3. The molecule has 2 N–H and O–H groups in total. The van der Waals surface area contributed by atoms with Crippen molar-refractivity contribution in [2.24, 2.45) is 13.0 Å². The van der Waals surface area contributed by atoms with Crippen molar-refractivity contribution in [1.29, 1.82) is 0 Å². The molecule has 6 heteroatoms. The van der Waals surface area contributed by atoms with Gasteiger partial charge in [-0.2, -0.15) is 0 Å². The largest absolute Gasteiger partial charge is 0.387 e. The van der Waals surface area contributed by atoms with E-state index in [2.05, 4.69) is 39.7 Å². The van der Waals surface area contributed by atoms with Crippen LogP contribution in [0.2, 0.25) is 0 Å². The summed E-state index contributed by atoms with van der Waals surface area (Å²) < 4.78 is 2.09. The van der Waals surface area contributed by atoms with E-state index in [1.54, 1.807) is 0 Å². The van der Waals surface area contributed by atoms with E-state index >= 15 is 0 Å². The first-order chi connectivity index (χ1) is 11.0. The fourth-order valence-electron chi connectivity index (χ4n) is 3.53. The summed E-state index contributed by atoms with van der Waals surface area (Å²) in [6.45, 7) is 5.53. The molecule has 1 aliphatic heterocycles. The maximum Gasteiger partial charge on any atom is 0.245 e. The third-order valence-electron chi connectivity index (χ3n) is 4.66. The minimum absolute atomic E-state index is 0.0615. The van der Waals surface area contributed by atoms with E-state index in [4.69, 9.17) is 5.11 Å². The lowest BCUT2D eigenvalue weighted by atomic mass is 9.95. The summed E-state index contributed by atoms with van der Waals surface area (Å²) in [5.41, 5.74) is 3.32. The highest BCUT2D eigenvalue weighted by molar-refractivity contribution is 5.91. The monoisotopic (exact) mass is 316 g/mol. The van der Waals surface area contributed by atoms with Crippen LogP contribution in [0, 0.1) is 12.8 Å². The summed E-state index contributed by atoms with van der Waals surface area (Å²) in [6, 6.07) is 4.27. The average molecular weight is 316 g/mol. The molecule has 2 atom stereocenters. The lowest BCUT2D eigenvalue weighted by molar-refractivity contribution is -0.124. The van der Waals surface area contributed by atoms with Crippen LogP contribution in [0.4, 0.5) is 5.69 Å². The molecule has 0 radical (unpaired) electrons. The number of hydrogen-bond donors (Lipinski definition) is 2. The fourth-order valence-corrected chi connectivity index (χ4v) is 3.53. The Morgan fingerprint density at radius 2 is 2.26 bits per heavy atom. The van der Waals surface area contributed by atoms with Crippen LogP contribution in [-0.2, 0) is 11.8 Å². The molecule has 0 aliphatic carbocycles. The molecule has 2 aromatic heterocycles. The Hall–Kier alpha value is -2.08. The third-order valence-corrected chi connectivity index (χ3v) is 4.66. The van der Waals surface area contributed by atoms with Crippen LogP contribution in [0.5, 0.6) is 0 Å². The van der Waals surface area contributed by atoms with Crippen LogP contribution in [0.1, 0.15) is 19.0 Å². The molecule has 3 heterocycles. The summed E-state index contributed by atoms with van der Waals surface area (Å²) in [6.07, 6.45) is 2.78. The molecule has 0 bridgehead atoms. The van der Waals surface area contributed by atoms with Crippen LogP contribution < -0.4 is 10.2 Å². The SMILES string of the molecule is Cc1cc2c(N3CC(C)CC(NC(=O)CO)C3)ccnc2n1C. The van der Waals surface area contributed by atoms with Gasteiger partial charge in [-0.25, -0.2) is 4.98 Å². The van der Waals surface area contributed by atoms with Gasteiger partial charge in [-0.1, -0.05) is 6.92 Å². The number of piperidine rings is 1. The molecule has 124 valence electrons. The highest BCUT2D eigenvalue weighted by Crippen LogP contribution is 2.30. The van der Waals surface area contributed by atoms with Gasteiger partial charge >= 0.3 is 0 Å². The van der Waals surface area contributed by atoms with Gasteiger partial charge in [0.2, 0.25) is 5.91 Å². The lowest BCUT2D eigenvalue weighted by Gasteiger charge is -2.38. The van der Waals surface area contributed by atoms with Gasteiger partial charge in [0.15, 0.2) is 0 Å². The first-order valence-corrected chi connectivity index (χ1v) is 8.05. The summed E-state index contributed by atoms with van der Waals surface area (Å²) >= 11 is 0. The smallest absolute Gasteiger partial charge is 0.245 e. The van der Waals surface area contributed by atoms with Gasteiger partial charge in [-0.3, -0.25) is 4.79 Å². The number of nitrogens with zero attached hydrogens (tertiary/aromatic N) is 3. The molecule has 0 saturated carbocycles. The van der Waals surface area contributed by atoms with Crippen molar-refractivity contribution in [3.63, 3.8) is 0 Å². The summed E-state index contributed by atoms with van der Waals surface area (Å²) in [5.74, 6) is 0.167. The van der Waals surface area contributed by atoms with Crippen LogP contribution in [0.3, 0.4) is 0 Å². The summed E-state index contributed by atoms with van der Waals surface area (Å²) in [4.78, 5) is 18.3. The molecular formula is C17H24N4O2. The Morgan fingerprint density at radius 3 is 3.00 bits per heavy atom. The van der Waals surface area contributed by atoms with Crippen molar-refractivity contribution < 1.29 is 9.90 Å². The van der Waals surface area contributed by atoms with Crippen LogP contribution in [-0.4, -0.2) is 46.3 Å². The van der Waals surface area contributed by atoms with Gasteiger partial charge in [0, 0.05) is 49.1 Å². The standard InChI is InChI=1S/C17H24N4O2/c1-11-6-13(19-16(23)10-22)9-21(8-11)15-4-5-18-17-14(15)7-12(2)20(17)3/h4-5,7,11,13,22H,6,8-10H2,1-3H3,(H,19,23). The molecule has 2 unspecified atom stereocenters. The van der Waals surface area contributed by atoms with Crippen molar-refractivity contribution in [1.82, 2.24) is 14.9 Å². The molecule has 2 aromatic rings. The topological polar surface area (TPSA) is 70.4 Å². The Balaban J connectivity index is 1.91. The first-order valence-electron chi connectivity index (χ1n) is 8.05. The third kappa shape index (κ3) is 3.03. The van der Waals surface area contributed by atoms with Crippen molar-refractivity contribution in [3.05, 3.63) is 24.0 Å². The van der Waals surface area contributed by atoms with Gasteiger partial charge in [0.25, 0.3) is 0 Å². The van der Waals surface area contributed by atoms with E-state index in [9.17, 15) is 4.79 Å². The van der Waals surface area contributed by atoms with Crippen LogP contribution in [0.25, 0.3) is 11.0 Å². The predicted octanol–water partition coefficient (Wildman–Crippen LogP) is 1.21. The number of carbonyl (C=O) groups is 1. The van der Waals surface area contributed by atoms with Gasteiger partial charge in [-0.15, -0.1) is 0 Å². The molecule has 1 amide bonds. The normalized spacial score (nSPS) is 21.7.